The topological polar surface area (TPSA) is 71.5 Å². The van der Waals surface area contributed by atoms with E-state index >= 15 is 0 Å². The number of aliphatic hydroxyl groups excluding tert-OH is 1. The normalized spacial score (nSPS) is 15.5. The van der Waals surface area contributed by atoms with Crippen LogP contribution in [0.15, 0.2) is 36.4 Å². The van der Waals surface area contributed by atoms with E-state index in [-0.39, 0.29) is 18.2 Å². The average molecular weight is 447 g/mol. The number of piperazine rings is 1. The van der Waals surface area contributed by atoms with E-state index in [4.69, 9.17) is 14.2 Å². The number of benzene rings is 2. The first-order chi connectivity index (χ1) is 15.4. The van der Waals surface area contributed by atoms with Gasteiger partial charge in [-0.15, -0.1) is 0 Å². The van der Waals surface area contributed by atoms with Crippen LogP contribution in [0.1, 0.15) is 22.8 Å². The van der Waals surface area contributed by atoms with Crippen molar-refractivity contribution in [2.45, 2.75) is 19.6 Å². The van der Waals surface area contributed by atoms with E-state index in [1.54, 1.807) is 26.4 Å². The van der Waals surface area contributed by atoms with Gasteiger partial charge in [0, 0.05) is 38.3 Å². The van der Waals surface area contributed by atoms with E-state index in [1.165, 1.54) is 13.0 Å². The van der Waals surface area contributed by atoms with Crippen LogP contribution < -0.4 is 14.4 Å². The van der Waals surface area contributed by atoms with Crippen molar-refractivity contribution < 1.29 is 28.5 Å². The third kappa shape index (κ3) is 6.18. The van der Waals surface area contributed by atoms with E-state index in [2.05, 4.69) is 4.90 Å². The molecule has 174 valence electrons. The number of hydrogen-bond donors (Lipinski definition) is 1. The van der Waals surface area contributed by atoms with Crippen molar-refractivity contribution in [2.24, 2.45) is 0 Å². The number of methoxy groups -OCH3 is 2. The first-order valence-electron chi connectivity index (χ1n) is 10.7. The Kier molecular flexibility index (Phi) is 8.44. The molecule has 1 aliphatic heterocycles. The Bertz CT molecular complexity index is 915. The maximum absolute atomic E-state index is 14.4. The number of ether oxygens (including phenoxy) is 3. The standard InChI is InChI=1S/C24H31FN2O5/c1-17(28)19-5-6-22(21(25)13-19)27-10-8-26(9-11-27)14-20(29)16-32-15-18-4-7-23(30-2)24(12-18)31-3/h4-7,12-13,20,29H,8-11,14-16H2,1-3H3. The molecule has 1 saturated heterocycles. The highest BCUT2D eigenvalue weighted by atomic mass is 19.1. The molecule has 0 aliphatic carbocycles. The van der Waals surface area contributed by atoms with Crippen molar-refractivity contribution in [1.29, 1.82) is 0 Å². The zero-order valence-corrected chi connectivity index (χ0v) is 18.8. The third-order valence-corrected chi connectivity index (χ3v) is 5.56. The number of Topliss-reactive ketones (excluding diaryl/α,β-unsaturated/α-hetero) is 1. The predicted molar refractivity (Wildman–Crippen MR) is 120 cm³/mol. The summed E-state index contributed by atoms with van der Waals surface area (Å²) in [6, 6.07) is 10.2. The van der Waals surface area contributed by atoms with E-state index in [0.717, 1.165) is 5.56 Å². The van der Waals surface area contributed by atoms with E-state index in [1.807, 2.05) is 23.1 Å². The number of anilines is 1. The second-order valence-corrected chi connectivity index (χ2v) is 7.87. The van der Waals surface area contributed by atoms with Gasteiger partial charge in [0.25, 0.3) is 0 Å². The highest BCUT2D eigenvalue weighted by Crippen LogP contribution is 2.28. The molecule has 0 radical (unpaired) electrons. The van der Waals surface area contributed by atoms with Gasteiger partial charge in [0.2, 0.25) is 0 Å². The van der Waals surface area contributed by atoms with Gasteiger partial charge in [-0.2, -0.15) is 0 Å². The molecule has 0 saturated carbocycles. The van der Waals surface area contributed by atoms with Gasteiger partial charge < -0.3 is 24.2 Å². The SMILES string of the molecule is COc1ccc(COCC(O)CN2CCN(c3ccc(C(C)=O)cc3F)CC2)cc1OC. The van der Waals surface area contributed by atoms with Gasteiger partial charge in [-0.25, -0.2) is 4.39 Å². The molecule has 7 nitrogen and oxygen atoms in total. The summed E-state index contributed by atoms with van der Waals surface area (Å²) in [6.07, 6.45) is -0.617. The molecule has 1 atom stereocenters. The molecule has 2 aromatic rings. The Morgan fingerprint density at radius 3 is 2.41 bits per heavy atom. The van der Waals surface area contributed by atoms with E-state index in [9.17, 15) is 14.3 Å². The van der Waals surface area contributed by atoms with Crippen LogP contribution >= 0.6 is 0 Å². The Morgan fingerprint density at radius 2 is 1.78 bits per heavy atom. The smallest absolute Gasteiger partial charge is 0.161 e. The van der Waals surface area contributed by atoms with Gasteiger partial charge in [0.15, 0.2) is 17.3 Å². The molecule has 1 aliphatic rings. The fourth-order valence-corrected chi connectivity index (χ4v) is 3.79. The monoisotopic (exact) mass is 446 g/mol. The minimum atomic E-state index is -0.617. The van der Waals surface area contributed by atoms with E-state index in [0.29, 0.717) is 62.1 Å². The average Bonchev–Trinajstić information content (AvgIpc) is 2.79. The van der Waals surface area contributed by atoms with Gasteiger partial charge in [0.05, 0.1) is 39.2 Å². The van der Waals surface area contributed by atoms with Crippen molar-refractivity contribution in [3.05, 3.63) is 53.3 Å². The molecule has 3 rings (SSSR count). The van der Waals surface area contributed by atoms with Gasteiger partial charge in [-0.3, -0.25) is 9.69 Å². The van der Waals surface area contributed by atoms with Gasteiger partial charge in [-0.1, -0.05) is 6.07 Å². The van der Waals surface area contributed by atoms with Crippen LogP contribution in [0.2, 0.25) is 0 Å². The van der Waals surface area contributed by atoms with Crippen molar-refractivity contribution in [3.63, 3.8) is 0 Å². The number of ketones is 1. The molecule has 0 amide bonds. The summed E-state index contributed by atoms with van der Waals surface area (Å²) in [5.74, 6) is 0.766. The van der Waals surface area contributed by atoms with Crippen LogP contribution in [0, 0.1) is 5.82 Å². The Labute approximate surface area is 188 Å². The van der Waals surface area contributed by atoms with Crippen LogP contribution in [0.25, 0.3) is 0 Å². The first-order valence-corrected chi connectivity index (χ1v) is 10.7. The van der Waals surface area contributed by atoms with Crippen molar-refractivity contribution in [2.75, 3.05) is 58.5 Å². The quantitative estimate of drug-likeness (QED) is 0.563. The van der Waals surface area contributed by atoms with Crippen LogP contribution in [0.5, 0.6) is 11.5 Å². The van der Waals surface area contributed by atoms with Crippen LogP contribution in [-0.2, 0) is 11.3 Å². The second-order valence-electron chi connectivity index (χ2n) is 7.87. The Morgan fingerprint density at radius 1 is 1.06 bits per heavy atom. The molecule has 1 N–H and O–H groups in total. The fourth-order valence-electron chi connectivity index (χ4n) is 3.79. The number of carbonyl (C=O) groups excluding carboxylic acids is 1. The molecule has 1 heterocycles. The zero-order chi connectivity index (χ0) is 23.1. The first kappa shape index (κ1) is 24.0. The number of β-amino-alcohol motifs (C(OH)–C–C–N with tert-alkyl or cyclic N) is 1. The summed E-state index contributed by atoms with van der Waals surface area (Å²) < 4.78 is 30.6. The molecular formula is C24H31FN2O5. The molecule has 0 spiro atoms. The lowest BCUT2D eigenvalue weighted by molar-refractivity contribution is 0.00907. The summed E-state index contributed by atoms with van der Waals surface area (Å²) in [5.41, 5.74) is 1.82. The number of rotatable bonds is 10. The van der Waals surface area contributed by atoms with Crippen molar-refractivity contribution >= 4 is 11.5 Å². The molecular weight excluding hydrogens is 415 g/mol. The molecule has 2 aromatic carbocycles. The summed E-state index contributed by atoms with van der Waals surface area (Å²) >= 11 is 0. The highest BCUT2D eigenvalue weighted by Gasteiger charge is 2.22. The highest BCUT2D eigenvalue weighted by molar-refractivity contribution is 5.94. The van der Waals surface area contributed by atoms with Crippen molar-refractivity contribution in [3.8, 4) is 11.5 Å². The number of aliphatic hydroxyl groups is 1. The van der Waals surface area contributed by atoms with Crippen LogP contribution in [0.4, 0.5) is 10.1 Å². The minimum absolute atomic E-state index is 0.150. The number of carbonyl (C=O) groups is 1. The number of nitrogens with zero attached hydrogens (tertiary/aromatic N) is 2. The molecule has 1 unspecified atom stereocenters. The van der Waals surface area contributed by atoms with Gasteiger partial charge in [0.1, 0.15) is 5.82 Å². The maximum Gasteiger partial charge on any atom is 0.161 e. The minimum Gasteiger partial charge on any atom is -0.493 e. The molecule has 0 bridgehead atoms. The summed E-state index contributed by atoms with van der Waals surface area (Å²) in [5, 5.41) is 10.4. The number of hydrogen-bond acceptors (Lipinski definition) is 7. The number of halogens is 1. The molecule has 1 fully saturated rings. The summed E-state index contributed by atoms with van der Waals surface area (Å²) in [6.45, 7) is 5.21. The molecule has 0 aromatic heterocycles. The van der Waals surface area contributed by atoms with Gasteiger partial charge in [-0.05, 0) is 42.8 Å². The summed E-state index contributed by atoms with van der Waals surface area (Å²) in [7, 11) is 3.17. The summed E-state index contributed by atoms with van der Waals surface area (Å²) in [4.78, 5) is 15.5. The predicted octanol–water partition coefficient (Wildman–Crippen LogP) is 2.75. The molecule has 8 heteroatoms. The van der Waals surface area contributed by atoms with E-state index < -0.39 is 6.10 Å². The van der Waals surface area contributed by atoms with Crippen LogP contribution in [0.3, 0.4) is 0 Å². The largest absolute Gasteiger partial charge is 0.493 e. The van der Waals surface area contributed by atoms with Crippen molar-refractivity contribution in [1.82, 2.24) is 4.90 Å². The van der Waals surface area contributed by atoms with Crippen LogP contribution in [-0.4, -0.2) is 75.4 Å². The second kappa shape index (κ2) is 11.3. The lowest BCUT2D eigenvalue weighted by atomic mass is 10.1. The van der Waals surface area contributed by atoms with Gasteiger partial charge >= 0.3 is 0 Å². The lowest BCUT2D eigenvalue weighted by Crippen LogP contribution is -2.49. The fraction of sp³-hybridized carbons (Fsp3) is 0.458. The Hall–Kier alpha value is -2.68. The third-order valence-electron chi connectivity index (χ3n) is 5.56. The lowest BCUT2D eigenvalue weighted by Gasteiger charge is -2.37. The maximum atomic E-state index is 14.4. The molecule has 32 heavy (non-hydrogen) atoms. The Balaban J connectivity index is 1.42. The zero-order valence-electron chi connectivity index (χ0n) is 18.8.